The van der Waals surface area contributed by atoms with Crippen molar-refractivity contribution in [3.8, 4) is 11.9 Å². The summed E-state index contributed by atoms with van der Waals surface area (Å²) in [6.45, 7) is 2.10. The summed E-state index contributed by atoms with van der Waals surface area (Å²) in [7, 11) is -5.12. The highest BCUT2D eigenvalue weighted by atomic mass is 32.2. The molecule has 182 valence electrons. The van der Waals surface area contributed by atoms with Crippen LogP contribution < -0.4 is 18.9 Å². The Morgan fingerprint density at radius 1 is 0.794 bits per heavy atom. The molecule has 34 heavy (non-hydrogen) atoms. The molecule has 2 N–H and O–H groups in total. The maximum atomic E-state index is 12.7. The lowest BCUT2D eigenvalue weighted by molar-refractivity contribution is 0.353. The highest BCUT2D eigenvalue weighted by Gasteiger charge is 2.18. The molecule has 0 bridgehead atoms. The number of aryl methyl sites for hydroxylation is 1. The normalized spacial score (nSPS) is 11.6. The monoisotopic (exact) mass is 506 g/mol. The molecule has 0 radical (unpaired) electrons. The molecule has 0 spiro atoms. The van der Waals surface area contributed by atoms with Gasteiger partial charge in [-0.05, 0) is 54.8 Å². The molecular weight excluding hydrogens is 480 g/mol. The molecule has 0 saturated heterocycles. The van der Waals surface area contributed by atoms with Gasteiger partial charge in [0.1, 0.15) is 0 Å². The van der Waals surface area contributed by atoms with E-state index >= 15 is 0 Å². The van der Waals surface area contributed by atoms with Crippen LogP contribution in [0.25, 0.3) is 0 Å². The molecule has 0 atom stereocenters. The molecule has 3 rings (SSSR count). The minimum Gasteiger partial charge on any atom is -0.481 e. The highest BCUT2D eigenvalue weighted by Crippen LogP contribution is 2.23. The first kappa shape index (κ1) is 25.2. The van der Waals surface area contributed by atoms with Crippen LogP contribution in [0.15, 0.2) is 64.4 Å². The predicted molar refractivity (Wildman–Crippen MR) is 128 cm³/mol. The summed E-state index contributed by atoms with van der Waals surface area (Å²) in [5, 5.41) is 0. The molecule has 0 unspecified atom stereocenters. The molecule has 12 heteroatoms. The van der Waals surface area contributed by atoms with Crippen LogP contribution in [-0.4, -0.2) is 41.0 Å². The van der Waals surface area contributed by atoms with E-state index < -0.39 is 20.0 Å². The summed E-state index contributed by atoms with van der Waals surface area (Å²) < 4.78 is 65.6. The van der Waals surface area contributed by atoms with Crippen LogP contribution in [0.1, 0.15) is 25.3 Å². The lowest BCUT2D eigenvalue weighted by atomic mass is 10.1. The number of aromatic nitrogens is 2. The van der Waals surface area contributed by atoms with Crippen molar-refractivity contribution in [2.24, 2.45) is 0 Å². The maximum absolute atomic E-state index is 12.7. The van der Waals surface area contributed by atoms with Crippen molar-refractivity contribution in [1.29, 1.82) is 0 Å². The topological polar surface area (TPSA) is 137 Å². The van der Waals surface area contributed by atoms with Crippen LogP contribution in [0.5, 0.6) is 11.9 Å². The van der Waals surface area contributed by atoms with Gasteiger partial charge in [0.25, 0.3) is 20.0 Å². The predicted octanol–water partition coefficient (Wildman–Crippen LogP) is 3.44. The van der Waals surface area contributed by atoms with E-state index in [-0.39, 0.29) is 33.2 Å². The second-order valence-corrected chi connectivity index (χ2v) is 10.6. The Hall–Kier alpha value is -3.38. The van der Waals surface area contributed by atoms with Gasteiger partial charge in [-0.1, -0.05) is 25.5 Å². The number of hydrogen-bond acceptors (Lipinski definition) is 8. The number of methoxy groups -OCH3 is 2. The molecule has 10 nitrogen and oxygen atoms in total. The maximum Gasteiger partial charge on any atom is 0.321 e. The lowest BCUT2D eigenvalue weighted by Gasteiger charge is -2.11. The summed E-state index contributed by atoms with van der Waals surface area (Å²) >= 11 is 0. The van der Waals surface area contributed by atoms with Crippen LogP contribution in [0.3, 0.4) is 0 Å². The van der Waals surface area contributed by atoms with Gasteiger partial charge in [0.05, 0.1) is 24.0 Å². The zero-order valence-corrected chi connectivity index (χ0v) is 20.6. The van der Waals surface area contributed by atoms with Crippen molar-refractivity contribution in [2.45, 2.75) is 36.0 Å². The SMILES string of the molecule is CCCCc1ccc(S(=O)(=O)Nc2ccc(S(=O)(=O)Nc3cc(OC)nc(OC)n3)cc2)cc1. The fourth-order valence-corrected chi connectivity index (χ4v) is 5.03. The molecule has 0 aliphatic heterocycles. The molecule has 0 fully saturated rings. The number of nitrogens with zero attached hydrogens (tertiary/aromatic N) is 2. The number of ether oxygens (including phenoxy) is 2. The molecule has 2 aromatic carbocycles. The average molecular weight is 507 g/mol. The Balaban J connectivity index is 1.74. The van der Waals surface area contributed by atoms with Crippen molar-refractivity contribution < 1.29 is 26.3 Å². The molecule has 0 amide bonds. The minimum absolute atomic E-state index is 0.0455. The van der Waals surface area contributed by atoms with Gasteiger partial charge in [0.2, 0.25) is 5.88 Å². The van der Waals surface area contributed by atoms with Crippen molar-refractivity contribution in [3.05, 3.63) is 60.2 Å². The van der Waals surface area contributed by atoms with Gasteiger partial charge in [-0.15, -0.1) is 0 Å². The molecule has 3 aromatic rings. The fourth-order valence-electron chi connectivity index (χ4n) is 2.98. The van der Waals surface area contributed by atoms with Gasteiger partial charge < -0.3 is 9.47 Å². The Morgan fingerprint density at radius 2 is 1.38 bits per heavy atom. The molecule has 1 aromatic heterocycles. The molecule has 1 heterocycles. The summed E-state index contributed by atoms with van der Waals surface area (Å²) in [6, 6.07) is 13.2. The highest BCUT2D eigenvalue weighted by molar-refractivity contribution is 7.93. The zero-order chi connectivity index (χ0) is 24.8. The second kappa shape index (κ2) is 10.7. The molecule has 0 aliphatic carbocycles. The molecule has 0 aliphatic rings. The quantitative estimate of drug-likeness (QED) is 0.404. The Kier molecular flexibility index (Phi) is 7.94. The third kappa shape index (κ3) is 6.35. The number of anilines is 2. The summed E-state index contributed by atoms with van der Waals surface area (Å²) in [4.78, 5) is 7.88. The van der Waals surface area contributed by atoms with Crippen LogP contribution in [0.2, 0.25) is 0 Å². The van der Waals surface area contributed by atoms with E-state index in [0.717, 1.165) is 24.8 Å². The van der Waals surface area contributed by atoms with Crippen LogP contribution in [-0.2, 0) is 26.5 Å². The first-order chi connectivity index (χ1) is 16.2. The number of unbranched alkanes of at least 4 members (excludes halogenated alkanes) is 1. The number of sulfonamides is 2. The second-order valence-electron chi connectivity index (χ2n) is 7.27. The van der Waals surface area contributed by atoms with E-state index in [2.05, 4.69) is 26.3 Å². The fraction of sp³-hybridized carbons (Fsp3) is 0.273. The van der Waals surface area contributed by atoms with Gasteiger partial charge >= 0.3 is 6.01 Å². The minimum atomic E-state index is -4.02. The number of hydrogen-bond donors (Lipinski definition) is 2. The molecular formula is C22H26N4O6S2. The van der Waals surface area contributed by atoms with Gasteiger partial charge in [0.15, 0.2) is 5.82 Å². The largest absolute Gasteiger partial charge is 0.481 e. The number of benzene rings is 2. The summed E-state index contributed by atoms with van der Waals surface area (Å²) in [5.41, 5.74) is 1.29. The lowest BCUT2D eigenvalue weighted by Crippen LogP contribution is -2.15. The molecule has 0 saturated carbocycles. The van der Waals surface area contributed by atoms with Crippen molar-refractivity contribution in [1.82, 2.24) is 9.97 Å². The summed E-state index contributed by atoms with van der Waals surface area (Å²) in [6.07, 6.45) is 2.99. The van der Waals surface area contributed by atoms with Gasteiger partial charge in [-0.25, -0.2) is 16.8 Å². The van der Waals surface area contributed by atoms with Crippen LogP contribution in [0.4, 0.5) is 11.5 Å². The van der Waals surface area contributed by atoms with Crippen LogP contribution >= 0.6 is 0 Å². The van der Waals surface area contributed by atoms with Crippen molar-refractivity contribution in [2.75, 3.05) is 23.7 Å². The first-order valence-electron chi connectivity index (χ1n) is 10.4. The number of rotatable bonds is 11. The summed E-state index contributed by atoms with van der Waals surface area (Å²) in [5.74, 6) is 0.0727. The van der Waals surface area contributed by atoms with E-state index in [0.29, 0.717) is 0 Å². The van der Waals surface area contributed by atoms with E-state index in [4.69, 9.17) is 9.47 Å². The van der Waals surface area contributed by atoms with E-state index in [9.17, 15) is 16.8 Å². The Morgan fingerprint density at radius 3 is 1.94 bits per heavy atom. The van der Waals surface area contributed by atoms with Crippen molar-refractivity contribution >= 4 is 31.6 Å². The van der Waals surface area contributed by atoms with E-state index in [1.165, 1.54) is 44.6 Å². The zero-order valence-electron chi connectivity index (χ0n) is 19.0. The van der Waals surface area contributed by atoms with Gasteiger partial charge in [-0.3, -0.25) is 9.44 Å². The smallest absolute Gasteiger partial charge is 0.321 e. The van der Waals surface area contributed by atoms with E-state index in [1.807, 2.05) is 0 Å². The first-order valence-corrected chi connectivity index (χ1v) is 13.3. The van der Waals surface area contributed by atoms with Crippen LogP contribution in [0, 0.1) is 0 Å². The third-order valence-corrected chi connectivity index (χ3v) is 7.55. The van der Waals surface area contributed by atoms with Gasteiger partial charge in [-0.2, -0.15) is 9.97 Å². The third-order valence-electron chi connectivity index (χ3n) is 4.78. The average Bonchev–Trinajstić information content (AvgIpc) is 2.82. The number of nitrogens with one attached hydrogen (secondary N) is 2. The van der Waals surface area contributed by atoms with Gasteiger partial charge in [0, 0.05) is 11.8 Å². The van der Waals surface area contributed by atoms with E-state index in [1.54, 1.807) is 24.3 Å². The Labute approximate surface area is 199 Å². The Bertz CT molecular complexity index is 1300. The van der Waals surface area contributed by atoms with Crippen molar-refractivity contribution in [3.63, 3.8) is 0 Å². The standard InChI is InChI=1S/C22H26N4O6S2/c1-4-5-6-16-7-11-18(12-8-16)33(27,28)25-17-9-13-19(14-10-17)34(29,30)26-20-15-21(31-2)24-22(23-20)32-3/h7-15,25H,4-6H2,1-3H3,(H,23,24,26).